The van der Waals surface area contributed by atoms with E-state index < -0.39 is 69.0 Å². The molecule has 1 saturated heterocycles. The van der Waals surface area contributed by atoms with Crippen LogP contribution in [0.1, 0.15) is 44.5 Å². The maximum absolute atomic E-state index is 15.6. The average molecular weight is 608 g/mol. The first-order valence-corrected chi connectivity index (χ1v) is 11.9. The molecule has 8 nitrogen and oxygen atoms in total. The summed E-state index contributed by atoms with van der Waals surface area (Å²) in [5.41, 5.74) is -3.76. The predicted molar refractivity (Wildman–Crippen MR) is 124 cm³/mol. The molecule has 1 N–H and O–H groups in total. The Morgan fingerprint density at radius 3 is 2.38 bits per heavy atom. The zero-order chi connectivity index (χ0) is 27.9. The van der Waals surface area contributed by atoms with Gasteiger partial charge in [-0.05, 0) is 39.4 Å². The van der Waals surface area contributed by atoms with Crippen LogP contribution < -0.4 is 0 Å². The van der Waals surface area contributed by atoms with Crippen LogP contribution in [0.3, 0.4) is 0 Å². The van der Waals surface area contributed by atoms with Crippen molar-refractivity contribution in [3.8, 4) is 6.07 Å². The number of nitrogens with zero attached hydrogens (tertiary/aromatic N) is 4. The number of halogens is 6. The van der Waals surface area contributed by atoms with Crippen molar-refractivity contribution >= 4 is 39.5 Å². The van der Waals surface area contributed by atoms with Crippen LogP contribution >= 0.6 is 27.5 Å². The van der Waals surface area contributed by atoms with Gasteiger partial charge in [0.25, 0.3) is 0 Å². The van der Waals surface area contributed by atoms with Crippen LogP contribution in [0.15, 0.2) is 35.1 Å². The summed E-state index contributed by atoms with van der Waals surface area (Å²) in [7, 11) is 0. The predicted octanol–water partition coefficient (Wildman–Crippen LogP) is 5.17. The molecule has 1 aromatic carbocycles. The van der Waals surface area contributed by atoms with Crippen LogP contribution in [0.25, 0.3) is 0 Å². The Morgan fingerprint density at radius 1 is 1.30 bits per heavy atom. The summed E-state index contributed by atoms with van der Waals surface area (Å²) in [4.78, 5) is 35.4. The highest BCUT2D eigenvalue weighted by molar-refractivity contribution is 9.10. The van der Waals surface area contributed by atoms with E-state index >= 15 is 13.2 Å². The van der Waals surface area contributed by atoms with Gasteiger partial charge in [-0.25, -0.2) is 29.0 Å². The molecule has 14 heteroatoms. The second kappa shape index (κ2) is 10.2. The third kappa shape index (κ3) is 4.89. The van der Waals surface area contributed by atoms with Gasteiger partial charge in [-0.2, -0.15) is 14.0 Å². The topological polar surface area (TPSA) is 116 Å². The number of aromatic nitrogens is 2. The molecule has 0 unspecified atom stereocenters. The molecule has 0 radical (unpaired) electrons. The van der Waals surface area contributed by atoms with Crippen molar-refractivity contribution in [3.05, 3.63) is 57.3 Å². The summed E-state index contributed by atoms with van der Waals surface area (Å²) in [6, 6.07) is -3.81. The van der Waals surface area contributed by atoms with E-state index in [9.17, 15) is 24.5 Å². The number of rotatable bonds is 6. The van der Waals surface area contributed by atoms with E-state index in [1.807, 2.05) is 6.07 Å². The lowest BCUT2D eigenvalue weighted by Gasteiger charge is -2.39. The maximum atomic E-state index is 15.6. The monoisotopic (exact) mass is 606 g/mol. The molecule has 1 aliphatic rings. The molecule has 2 heterocycles. The molecular weight excluding hydrogens is 588 g/mol. The fourth-order valence-corrected chi connectivity index (χ4v) is 5.22. The normalized spacial score (nSPS) is 24.5. The Labute approximate surface area is 222 Å². The Kier molecular flexibility index (Phi) is 7.89. The number of carbonyl (C=O) groups is 2. The number of likely N-dealkylation sites (tertiary alicyclic amines) is 1. The van der Waals surface area contributed by atoms with Gasteiger partial charge in [0.05, 0.1) is 15.6 Å². The number of carboxylic acid groups (broad SMARTS) is 1. The molecule has 198 valence electrons. The van der Waals surface area contributed by atoms with Gasteiger partial charge in [0.2, 0.25) is 0 Å². The van der Waals surface area contributed by atoms with E-state index in [0.29, 0.717) is 4.47 Å². The Hall–Kier alpha value is -2.82. The van der Waals surface area contributed by atoms with Crippen LogP contribution in [0.5, 0.6) is 0 Å². The number of hydrogen-bond acceptors (Lipinski definition) is 7. The van der Waals surface area contributed by atoms with Crippen LogP contribution in [0.2, 0.25) is 5.02 Å². The largest absolute Gasteiger partial charge is 0.480 e. The molecule has 3 rings (SSSR count). The van der Waals surface area contributed by atoms with E-state index in [0.717, 1.165) is 12.1 Å². The maximum Gasteiger partial charge on any atom is 0.434 e. The van der Waals surface area contributed by atoms with Gasteiger partial charge in [-0.15, -0.1) is 0 Å². The SMILES string of the molecule is CC(C)(C)C[C@@H]1N(C(F)(F)C(=O)OF)[C@@H](C(=O)O)[C@H](c2cccc(Cl)c2F)[C@]1(C#N)c1ncc(Br)cn1. The fourth-order valence-electron chi connectivity index (χ4n) is 4.84. The Morgan fingerprint density at radius 2 is 1.89 bits per heavy atom. The van der Waals surface area contributed by atoms with Crippen molar-refractivity contribution < 1.29 is 37.3 Å². The molecule has 2 aromatic rings. The zero-order valence-corrected chi connectivity index (χ0v) is 21.9. The van der Waals surface area contributed by atoms with Gasteiger partial charge in [0.1, 0.15) is 17.3 Å². The number of carboxylic acids is 1. The van der Waals surface area contributed by atoms with Crippen LogP contribution in [-0.2, 0) is 19.9 Å². The molecule has 4 atom stereocenters. The van der Waals surface area contributed by atoms with E-state index in [-0.39, 0.29) is 11.3 Å². The van der Waals surface area contributed by atoms with Gasteiger partial charge in [0, 0.05) is 28.9 Å². The number of nitriles is 1. The summed E-state index contributed by atoms with van der Waals surface area (Å²) in [5, 5.41) is 20.4. The van der Waals surface area contributed by atoms with Crippen LogP contribution in [0.4, 0.5) is 17.7 Å². The molecule has 0 bridgehead atoms. The van der Waals surface area contributed by atoms with Gasteiger partial charge in [0.15, 0.2) is 5.82 Å². The van der Waals surface area contributed by atoms with E-state index in [2.05, 4.69) is 30.8 Å². The minimum absolute atomic E-state index is 0.109. The summed E-state index contributed by atoms with van der Waals surface area (Å²) < 4.78 is 59.7. The van der Waals surface area contributed by atoms with Crippen molar-refractivity contribution in [2.45, 2.75) is 56.7 Å². The molecule has 1 aliphatic heterocycles. The highest BCUT2D eigenvalue weighted by atomic mass is 79.9. The summed E-state index contributed by atoms with van der Waals surface area (Å²) in [6.45, 7) is 4.85. The third-order valence-electron chi connectivity index (χ3n) is 6.16. The fraction of sp³-hybridized carbons (Fsp3) is 0.435. The molecule has 1 fully saturated rings. The second-order valence-electron chi connectivity index (χ2n) is 9.70. The number of aliphatic carboxylic acids is 1. The molecule has 0 aliphatic carbocycles. The third-order valence-corrected chi connectivity index (χ3v) is 6.86. The Bertz CT molecular complexity index is 1250. The molecule has 0 saturated carbocycles. The van der Waals surface area contributed by atoms with Crippen molar-refractivity contribution in [1.82, 2.24) is 14.9 Å². The van der Waals surface area contributed by atoms with Gasteiger partial charge >= 0.3 is 18.0 Å². The molecule has 1 aromatic heterocycles. The number of carbonyl (C=O) groups excluding carboxylic acids is 1. The number of benzene rings is 1. The minimum atomic E-state index is -4.89. The second-order valence-corrected chi connectivity index (χ2v) is 11.0. The smallest absolute Gasteiger partial charge is 0.434 e. The minimum Gasteiger partial charge on any atom is -0.480 e. The number of alkyl halides is 2. The number of hydrogen-bond donors (Lipinski definition) is 1. The standard InChI is InChI=1S/C23H20BrClF4N4O4/c1-21(2,3)7-14-22(10-30,19-31-8-11(24)9-32-19)15(12-5-4-6-13(25)16(12)26)17(18(34)35)33(14)23(27,28)20(36)37-29/h4-6,8-9,14-15,17H,7H2,1-3H3,(H,34,35)/t14-,15-,17+,22+/m0/s1. The quantitative estimate of drug-likeness (QED) is 0.353. The summed E-state index contributed by atoms with van der Waals surface area (Å²) in [5.74, 6) is -8.14. The van der Waals surface area contributed by atoms with E-state index in [4.69, 9.17) is 11.6 Å². The van der Waals surface area contributed by atoms with Crippen molar-refractivity contribution in [2.75, 3.05) is 0 Å². The molecule has 37 heavy (non-hydrogen) atoms. The van der Waals surface area contributed by atoms with Gasteiger partial charge in [-0.3, -0.25) is 4.79 Å². The molecule has 0 spiro atoms. The first-order valence-electron chi connectivity index (χ1n) is 10.7. The van der Waals surface area contributed by atoms with E-state index in [1.165, 1.54) is 18.5 Å². The zero-order valence-electron chi connectivity index (χ0n) is 19.6. The van der Waals surface area contributed by atoms with Crippen molar-refractivity contribution in [2.24, 2.45) is 5.41 Å². The van der Waals surface area contributed by atoms with Crippen molar-refractivity contribution in [3.63, 3.8) is 0 Å². The molecule has 0 amide bonds. The summed E-state index contributed by atoms with van der Waals surface area (Å²) in [6.07, 6.45) is 2.05. The summed E-state index contributed by atoms with van der Waals surface area (Å²) >= 11 is 9.07. The lowest BCUT2D eigenvalue weighted by atomic mass is 9.65. The highest BCUT2D eigenvalue weighted by Gasteiger charge is 2.72. The van der Waals surface area contributed by atoms with E-state index in [1.54, 1.807) is 20.8 Å². The first kappa shape index (κ1) is 28.7. The van der Waals surface area contributed by atoms with Crippen LogP contribution in [-0.4, -0.2) is 50.0 Å². The average Bonchev–Trinajstić information content (AvgIpc) is 3.10. The Balaban J connectivity index is 2.54. The van der Waals surface area contributed by atoms with Crippen molar-refractivity contribution in [1.29, 1.82) is 5.26 Å². The van der Waals surface area contributed by atoms with Gasteiger partial charge < -0.3 is 5.11 Å². The lowest BCUT2D eigenvalue weighted by Crippen LogP contribution is -2.58. The van der Waals surface area contributed by atoms with Gasteiger partial charge in [-0.1, -0.05) is 44.5 Å². The highest BCUT2D eigenvalue weighted by Crippen LogP contribution is 2.57. The van der Waals surface area contributed by atoms with Crippen LogP contribution in [0, 0.1) is 22.6 Å². The molecular formula is C23H20BrClF4N4O4. The first-order chi connectivity index (χ1) is 17.1. The lowest BCUT2D eigenvalue weighted by molar-refractivity contribution is -0.245.